The molecule has 3 heteroatoms. The normalized spacial score (nSPS) is 10.3. The van der Waals surface area contributed by atoms with E-state index >= 15 is 0 Å². The van der Waals surface area contributed by atoms with E-state index in [2.05, 4.69) is 41.4 Å². The Hall–Kier alpha value is -0.320. The van der Waals surface area contributed by atoms with Gasteiger partial charge in [-0.3, -0.25) is 0 Å². The Labute approximate surface area is 86.5 Å². The predicted molar refractivity (Wildman–Crippen MR) is 57.3 cm³/mol. The first-order chi connectivity index (χ1) is 5.68. The fraction of sp³-hybridized carbons (Fsp3) is 0.444. The number of hydrogen-bond donors (Lipinski definition) is 0. The summed E-state index contributed by atoms with van der Waals surface area (Å²) in [7, 11) is 0. The second-order valence-corrected chi connectivity index (χ2v) is 4.27. The average Bonchev–Trinajstić information content (AvgIpc) is 2.03. The van der Waals surface area contributed by atoms with Gasteiger partial charge < -0.3 is 4.74 Å². The minimum atomic E-state index is 0.547. The molecule has 0 aliphatic heterocycles. The van der Waals surface area contributed by atoms with Crippen LogP contribution >= 0.6 is 22.6 Å². The van der Waals surface area contributed by atoms with Crippen molar-refractivity contribution in [2.45, 2.75) is 13.8 Å². The lowest BCUT2D eigenvalue weighted by Gasteiger charge is -2.06. The van der Waals surface area contributed by atoms with E-state index in [-0.39, 0.29) is 0 Å². The lowest BCUT2D eigenvalue weighted by molar-refractivity contribution is 0.261. The molecule has 0 saturated heterocycles. The highest BCUT2D eigenvalue weighted by atomic mass is 127. The summed E-state index contributed by atoms with van der Waals surface area (Å²) in [5.41, 5.74) is 0. The van der Waals surface area contributed by atoms with Gasteiger partial charge >= 0.3 is 0 Å². The van der Waals surface area contributed by atoms with Crippen molar-refractivity contribution in [3.05, 3.63) is 21.9 Å². The average molecular weight is 277 g/mol. The number of pyridine rings is 1. The largest absolute Gasteiger partial charge is 0.477 e. The zero-order valence-corrected chi connectivity index (χ0v) is 9.41. The Balaban J connectivity index is 2.48. The number of rotatable bonds is 3. The lowest BCUT2D eigenvalue weighted by Crippen LogP contribution is -2.05. The smallest absolute Gasteiger partial charge is 0.213 e. The molecule has 0 amide bonds. The van der Waals surface area contributed by atoms with Gasteiger partial charge in [0, 0.05) is 15.8 Å². The van der Waals surface area contributed by atoms with Gasteiger partial charge in [-0.2, -0.15) is 0 Å². The summed E-state index contributed by atoms with van der Waals surface area (Å²) in [6.45, 7) is 4.97. The van der Waals surface area contributed by atoms with Gasteiger partial charge in [0.05, 0.1) is 6.61 Å². The zero-order chi connectivity index (χ0) is 8.97. The Morgan fingerprint density at radius 3 is 2.75 bits per heavy atom. The van der Waals surface area contributed by atoms with Gasteiger partial charge in [-0.05, 0) is 34.6 Å². The molecule has 0 fully saturated rings. The van der Waals surface area contributed by atoms with Crippen molar-refractivity contribution >= 4 is 22.6 Å². The second-order valence-electron chi connectivity index (χ2n) is 3.02. The van der Waals surface area contributed by atoms with E-state index in [1.165, 1.54) is 0 Å². The van der Waals surface area contributed by atoms with Crippen LogP contribution in [0.5, 0.6) is 5.88 Å². The molecule has 0 radical (unpaired) electrons. The molecule has 1 aromatic rings. The molecule has 0 aliphatic carbocycles. The van der Waals surface area contributed by atoms with Crippen LogP contribution in [0.15, 0.2) is 18.3 Å². The third-order valence-corrected chi connectivity index (χ3v) is 1.90. The Bertz CT molecular complexity index is 233. The molecule has 0 bridgehead atoms. The molecule has 0 aliphatic rings. The number of ether oxygens (including phenoxy) is 1. The van der Waals surface area contributed by atoms with Crippen LogP contribution < -0.4 is 4.74 Å². The molecule has 2 nitrogen and oxygen atoms in total. The van der Waals surface area contributed by atoms with Crippen LogP contribution in [-0.4, -0.2) is 11.6 Å². The maximum atomic E-state index is 5.41. The molecular weight excluding hydrogens is 265 g/mol. The van der Waals surface area contributed by atoms with E-state index in [1.54, 1.807) is 6.20 Å². The minimum absolute atomic E-state index is 0.547. The summed E-state index contributed by atoms with van der Waals surface area (Å²) in [6, 6.07) is 3.88. The van der Waals surface area contributed by atoms with E-state index in [1.807, 2.05) is 12.1 Å². The van der Waals surface area contributed by atoms with Crippen LogP contribution in [0.3, 0.4) is 0 Å². The summed E-state index contributed by atoms with van der Waals surface area (Å²) in [6.07, 6.45) is 1.80. The molecule has 1 aromatic heterocycles. The van der Waals surface area contributed by atoms with Crippen molar-refractivity contribution in [3.63, 3.8) is 0 Å². The third-order valence-electron chi connectivity index (χ3n) is 1.26. The molecule has 66 valence electrons. The molecule has 0 atom stereocenters. The lowest BCUT2D eigenvalue weighted by atomic mass is 10.2. The van der Waals surface area contributed by atoms with Crippen LogP contribution in [0.2, 0.25) is 0 Å². The van der Waals surface area contributed by atoms with Crippen LogP contribution in [-0.2, 0) is 0 Å². The number of aromatic nitrogens is 1. The van der Waals surface area contributed by atoms with Crippen LogP contribution in [0.1, 0.15) is 13.8 Å². The van der Waals surface area contributed by atoms with Crippen molar-refractivity contribution in [1.82, 2.24) is 4.98 Å². The van der Waals surface area contributed by atoms with E-state index in [9.17, 15) is 0 Å². The van der Waals surface area contributed by atoms with E-state index < -0.39 is 0 Å². The monoisotopic (exact) mass is 277 g/mol. The van der Waals surface area contributed by atoms with Crippen molar-refractivity contribution in [1.29, 1.82) is 0 Å². The SMILES string of the molecule is CC(C)COc1ccc(I)cn1. The van der Waals surface area contributed by atoms with Gasteiger partial charge in [0.1, 0.15) is 0 Å². The van der Waals surface area contributed by atoms with Crippen molar-refractivity contribution < 1.29 is 4.74 Å². The van der Waals surface area contributed by atoms with Gasteiger partial charge in [0.15, 0.2) is 0 Å². The van der Waals surface area contributed by atoms with Crippen LogP contribution in [0.25, 0.3) is 0 Å². The first kappa shape index (κ1) is 9.77. The highest BCUT2D eigenvalue weighted by Gasteiger charge is 1.97. The van der Waals surface area contributed by atoms with Crippen molar-refractivity contribution in [2.24, 2.45) is 5.92 Å². The van der Waals surface area contributed by atoms with Gasteiger partial charge in [0.25, 0.3) is 0 Å². The maximum absolute atomic E-state index is 5.41. The van der Waals surface area contributed by atoms with E-state index in [4.69, 9.17) is 4.74 Å². The molecular formula is C9H12INO. The highest BCUT2D eigenvalue weighted by molar-refractivity contribution is 14.1. The summed E-state index contributed by atoms with van der Waals surface area (Å²) in [5.74, 6) is 1.26. The molecule has 1 rings (SSSR count). The molecule has 1 heterocycles. The first-order valence-corrected chi connectivity index (χ1v) is 5.00. The predicted octanol–water partition coefficient (Wildman–Crippen LogP) is 2.72. The number of hydrogen-bond acceptors (Lipinski definition) is 2. The third kappa shape index (κ3) is 3.38. The molecule has 0 N–H and O–H groups in total. The van der Waals surface area contributed by atoms with Gasteiger partial charge in [-0.1, -0.05) is 13.8 Å². The summed E-state index contributed by atoms with van der Waals surface area (Å²) in [5, 5.41) is 0. The molecule has 0 spiro atoms. The van der Waals surface area contributed by atoms with Crippen molar-refractivity contribution in [2.75, 3.05) is 6.61 Å². The Morgan fingerprint density at radius 2 is 2.25 bits per heavy atom. The van der Waals surface area contributed by atoms with Crippen molar-refractivity contribution in [3.8, 4) is 5.88 Å². The van der Waals surface area contributed by atoms with E-state index in [0.717, 1.165) is 10.2 Å². The Morgan fingerprint density at radius 1 is 1.50 bits per heavy atom. The quantitative estimate of drug-likeness (QED) is 0.792. The number of halogens is 1. The van der Waals surface area contributed by atoms with Gasteiger partial charge in [-0.25, -0.2) is 4.98 Å². The topological polar surface area (TPSA) is 22.1 Å². The highest BCUT2D eigenvalue weighted by Crippen LogP contribution is 2.09. The van der Waals surface area contributed by atoms with Crippen LogP contribution in [0.4, 0.5) is 0 Å². The fourth-order valence-electron chi connectivity index (χ4n) is 0.700. The Kier molecular flexibility index (Phi) is 3.78. The fourth-order valence-corrected chi connectivity index (χ4v) is 1.02. The van der Waals surface area contributed by atoms with Gasteiger partial charge in [-0.15, -0.1) is 0 Å². The second kappa shape index (κ2) is 4.64. The standard InChI is InChI=1S/C9H12INO/c1-7(2)6-12-9-4-3-8(10)5-11-9/h3-5,7H,6H2,1-2H3. The number of nitrogens with zero attached hydrogens (tertiary/aromatic N) is 1. The van der Waals surface area contributed by atoms with Gasteiger partial charge in [0.2, 0.25) is 5.88 Å². The van der Waals surface area contributed by atoms with Crippen LogP contribution in [0, 0.1) is 9.49 Å². The zero-order valence-electron chi connectivity index (χ0n) is 7.25. The molecule has 0 aromatic carbocycles. The summed E-state index contributed by atoms with van der Waals surface area (Å²) >= 11 is 2.22. The summed E-state index contributed by atoms with van der Waals surface area (Å²) in [4.78, 5) is 4.12. The molecule has 0 unspecified atom stereocenters. The van der Waals surface area contributed by atoms with E-state index in [0.29, 0.717) is 11.8 Å². The maximum Gasteiger partial charge on any atom is 0.213 e. The summed E-state index contributed by atoms with van der Waals surface area (Å²) < 4.78 is 6.54. The minimum Gasteiger partial charge on any atom is -0.477 e. The first-order valence-electron chi connectivity index (χ1n) is 3.93. The molecule has 0 saturated carbocycles. The molecule has 12 heavy (non-hydrogen) atoms.